The van der Waals surface area contributed by atoms with Crippen LogP contribution in [0.1, 0.15) is 55.2 Å². The van der Waals surface area contributed by atoms with Crippen molar-refractivity contribution >= 4 is 28.2 Å². The summed E-state index contributed by atoms with van der Waals surface area (Å²) in [4.78, 5) is 8.84. The number of nitrogens with zero attached hydrogens (tertiary/aromatic N) is 3. The molecule has 0 atom stereocenters. The average molecular weight is 534 g/mol. The number of H-pyrrole nitrogens is 1. The van der Waals surface area contributed by atoms with Crippen molar-refractivity contribution in [3.8, 4) is 11.3 Å². The molecular weight excluding hydrogens is 494 g/mol. The molecule has 1 aliphatic rings. The van der Waals surface area contributed by atoms with Crippen molar-refractivity contribution in [1.82, 2.24) is 25.5 Å². The lowest BCUT2D eigenvalue weighted by Crippen LogP contribution is -2.22. The Morgan fingerprint density at radius 2 is 1.88 bits per heavy atom. The molecule has 1 aliphatic carbocycles. The summed E-state index contributed by atoms with van der Waals surface area (Å²) in [5.74, 6) is 1.89. The van der Waals surface area contributed by atoms with Crippen LogP contribution in [0.2, 0.25) is 0 Å². The molecular formula is C33H39N7. The number of benzene rings is 1. The molecule has 40 heavy (non-hydrogen) atoms. The SMILES string of the molecule is C=C(Nc1cc(C)ccn1)c1ccc(-c2[nH]nc3c(C/C=C\CCNC(=C)C4CCCCC4)cnc(N)c23)cc1. The second-order valence-corrected chi connectivity index (χ2v) is 10.6. The van der Waals surface area contributed by atoms with Crippen molar-refractivity contribution in [2.24, 2.45) is 5.92 Å². The van der Waals surface area contributed by atoms with Crippen LogP contribution in [-0.2, 0) is 6.42 Å². The van der Waals surface area contributed by atoms with E-state index < -0.39 is 0 Å². The van der Waals surface area contributed by atoms with Gasteiger partial charge in [0.2, 0.25) is 0 Å². The van der Waals surface area contributed by atoms with E-state index in [1.807, 2.05) is 49.5 Å². The zero-order chi connectivity index (χ0) is 27.9. The molecule has 3 heterocycles. The fourth-order valence-electron chi connectivity index (χ4n) is 5.36. The zero-order valence-corrected chi connectivity index (χ0v) is 23.3. The van der Waals surface area contributed by atoms with Gasteiger partial charge in [0.15, 0.2) is 0 Å². The summed E-state index contributed by atoms with van der Waals surface area (Å²) in [6.45, 7) is 11.4. The van der Waals surface area contributed by atoms with Crippen LogP contribution in [-0.4, -0.2) is 26.7 Å². The molecule has 4 aromatic rings. The number of aromatic nitrogens is 4. The fraction of sp³-hybridized carbons (Fsp3) is 0.303. The highest BCUT2D eigenvalue weighted by Gasteiger charge is 2.16. The van der Waals surface area contributed by atoms with Crippen molar-refractivity contribution in [1.29, 1.82) is 0 Å². The molecule has 0 unspecified atom stereocenters. The Morgan fingerprint density at radius 3 is 2.65 bits per heavy atom. The third kappa shape index (κ3) is 6.42. The molecule has 0 aliphatic heterocycles. The lowest BCUT2D eigenvalue weighted by molar-refractivity contribution is 0.387. The van der Waals surface area contributed by atoms with Crippen molar-refractivity contribution in [2.45, 2.75) is 51.9 Å². The van der Waals surface area contributed by atoms with Gasteiger partial charge in [0.1, 0.15) is 17.2 Å². The quantitative estimate of drug-likeness (QED) is 0.120. The minimum absolute atomic E-state index is 0.470. The van der Waals surface area contributed by atoms with Gasteiger partial charge in [-0.2, -0.15) is 5.10 Å². The molecule has 5 rings (SSSR count). The minimum Gasteiger partial charge on any atom is -0.388 e. The number of allylic oxidation sites excluding steroid dienone is 2. The molecule has 5 N–H and O–H groups in total. The Kier molecular flexibility index (Phi) is 8.59. The third-order valence-corrected chi connectivity index (χ3v) is 7.67. The Balaban J connectivity index is 1.21. The highest BCUT2D eigenvalue weighted by atomic mass is 15.1. The summed E-state index contributed by atoms with van der Waals surface area (Å²) in [6.07, 6.45) is 16.3. The summed E-state index contributed by atoms with van der Waals surface area (Å²) in [6, 6.07) is 12.1. The predicted molar refractivity (Wildman–Crippen MR) is 167 cm³/mol. The maximum Gasteiger partial charge on any atom is 0.135 e. The number of nitrogens with one attached hydrogen (secondary N) is 3. The number of hydrogen-bond donors (Lipinski definition) is 4. The largest absolute Gasteiger partial charge is 0.388 e. The molecule has 206 valence electrons. The van der Waals surface area contributed by atoms with E-state index in [1.165, 1.54) is 37.8 Å². The maximum atomic E-state index is 6.33. The van der Waals surface area contributed by atoms with Crippen LogP contribution in [0.3, 0.4) is 0 Å². The van der Waals surface area contributed by atoms with Gasteiger partial charge in [-0.25, -0.2) is 9.97 Å². The van der Waals surface area contributed by atoms with Crippen molar-refractivity contribution < 1.29 is 0 Å². The van der Waals surface area contributed by atoms with Crippen LogP contribution in [0, 0.1) is 12.8 Å². The number of nitrogen functional groups attached to an aromatic ring is 1. The first-order valence-electron chi connectivity index (χ1n) is 14.2. The Morgan fingerprint density at radius 1 is 1.07 bits per heavy atom. The van der Waals surface area contributed by atoms with E-state index in [0.29, 0.717) is 11.7 Å². The maximum absolute atomic E-state index is 6.33. The molecule has 0 bridgehead atoms. The number of anilines is 2. The highest BCUT2D eigenvalue weighted by Crippen LogP contribution is 2.32. The highest BCUT2D eigenvalue weighted by molar-refractivity contribution is 6.01. The van der Waals surface area contributed by atoms with Gasteiger partial charge in [0, 0.05) is 41.5 Å². The van der Waals surface area contributed by atoms with Gasteiger partial charge in [-0.05, 0) is 61.8 Å². The molecule has 1 aromatic carbocycles. The Bertz CT molecular complexity index is 1510. The average Bonchev–Trinajstić information content (AvgIpc) is 3.43. The number of aromatic amines is 1. The smallest absolute Gasteiger partial charge is 0.135 e. The molecule has 3 aromatic heterocycles. The standard InChI is InChI=1S/C33H39N7/c1-22-17-19-36-29(20-22)38-24(3)26-13-15-27(16-14-26)31-30-32(40-39-31)28(21-37-33(30)34)12-8-5-9-18-35-23(2)25-10-6-4-7-11-25/h5,8,13-17,19-21,25,35H,2-4,6-7,9-12,18H2,1H3,(H2,34,37)(H,36,38)(H,39,40)/b8-5-. The van der Waals surface area contributed by atoms with E-state index in [-0.39, 0.29) is 0 Å². The first-order chi connectivity index (χ1) is 19.5. The van der Waals surface area contributed by atoms with E-state index >= 15 is 0 Å². The van der Waals surface area contributed by atoms with Gasteiger partial charge >= 0.3 is 0 Å². The van der Waals surface area contributed by atoms with Gasteiger partial charge in [0.05, 0.1) is 11.1 Å². The Labute approximate surface area is 236 Å². The van der Waals surface area contributed by atoms with Gasteiger partial charge in [0.25, 0.3) is 0 Å². The normalized spacial score (nSPS) is 14.0. The summed E-state index contributed by atoms with van der Waals surface area (Å²) >= 11 is 0. The van der Waals surface area contributed by atoms with E-state index in [2.05, 4.69) is 56.1 Å². The third-order valence-electron chi connectivity index (χ3n) is 7.67. The van der Waals surface area contributed by atoms with Crippen molar-refractivity contribution in [2.75, 3.05) is 17.6 Å². The molecule has 7 heteroatoms. The molecule has 0 spiro atoms. The van der Waals surface area contributed by atoms with Crippen LogP contribution in [0.4, 0.5) is 11.6 Å². The first-order valence-corrected chi connectivity index (χ1v) is 14.2. The van der Waals surface area contributed by atoms with Crippen LogP contribution in [0.5, 0.6) is 0 Å². The van der Waals surface area contributed by atoms with Crippen LogP contribution >= 0.6 is 0 Å². The molecule has 7 nitrogen and oxygen atoms in total. The summed E-state index contributed by atoms with van der Waals surface area (Å²) in [5.41, 5.74) is 14.2. The summed E-state index contributed by atoms with van der Waals surface area (Å²) in [7, 11) is 0. The van der Waals surface area contributed by atoms with Crippen LogP contribution in [0.25, 0.3) is 27.9 Å². The van der Waals surface area contributed by atoms with Gasteiger partial charge in [-0.15, -0.1) is 0 Å². The molecule has 1 saturated carbocycles. The fourth-order valence-corrected chi connectivity index (χ4v) is 5.36. The summed E-state index contributed by atoms with van der Waals surface area (Å²) < 4.78 is 0. The number of rotatable bonds is 11. The lowest BCUT2D eigenvalue weighted by atomic mass is 9.87. The van der Waals surface area contributed by atoms with Gasteiger partial charge < -0.3 is 16.4 Å². The van der Waals surface area contributed by atoms with Crippen molar-refractivity contribution in [3.63, 3.8) is 0 Å². The molecule has 0 saturated heterocycles. The van der Waals surface area contributed by atoms with Gasteiger partial charge in [-0.3, -0.25) is 5.10 Å². The summed E-state index contributed by atoms with van der Waals surface area (Å²) in [5, 5.41) is 15.5. The van der Waals surface area contributed by atoms with E-state index in [1.54, 1.807) is 6.20 Å². The number of aryl methyl sites for hydroxylation is 1. The van der Waals surface area contributed by atoms with E-state index in [0.717, 1.165) is 69.8 Å². The Hall–Kier alpha value is -4.39. The lowest BCUT2D eigenvalue weighted by Gasteiger charge is -2.24. The first kappa shape index (κ1) is 27.2. The topological polar surface area (TPSA) is 105 Å². The second kappa shape index (κ2) is 12.6. The van der Waals surface area contributed by atoms with Gasteiger partial charge in [-0.1, -0.05) is 68.8 Å². The van der Waals surface area contributed by atoms with Crippen LogP contribution in [0.15, 0.2) is 79.8 Å². The van der Waals surface area contributed by atoms with Crippen molar-refractivity contribution in [3.05, 3.63) is 96.5 Å². The molecule has 1 fully saturated rings. The van der Waals surface area contributed by atoms with E-state index in [9.17, 15) is 0 Å². The predicted octanol–water partition coefficient (Wildman–Crippen LogP) is 7.17. The monoisotopic (exact) mass is 533 g/mol. The van der Waals surface area contributed by atoms with Crippen LogP contribution < -0.4 is 16.4 Å². The number of nitrogens with two attached hydrogens (primary N) is 1. The van der Waals surface area contributed by atoms with E-state index in [4.69, 9.17) is 5.73 Å². The molecule has 0 amide bonds. The zero-order valence-electron chi connectivity index (χ0n) is 23.3. The number of pyridine rings is 2. The minimum atomic E-state index is 0.470. The second-order valence-electron chi connectivity index (χ2n) is 10.6. The molecule has 0 radical (unpaired) electrons. The number of fused-ring (bicyclic) bond motifs is 1. The number of hydrogen-bond acceptors (Lipinski definition) is 6.